The van der Waals surface area contributed by atoms with Gasteiger partial charge in [0, 0.05) is 23.9 Å². The Morgan fingerprint density at radius 3 is 2.48 bits per heavy atom. The standard InChI is InChI=1S/C15H18BrF2N3/c1-5-19-15(12-8(2)20-21(4)9(12)3)13-11(17)7-6-10(16)14(13)18/h6-7,15,19H,5H2,1-4H3. The molecule has 1 N–H and O–H groups in total. The van der Waals surface area contributed by atoms with Crippen LogP contribution in [0, 0.1) is 25.5 Å². The number of hydrogen-bond acceptors (Lipinski definition) is 2. The lowest BCUT2D eigenvalue weighted by Gasteiger charge is -2.21. The molecule has 3 nitrogen and oxygen atoms in total. The summed E-state index contributed by atoms with van der Waals surface area (Å²) in [5.41, 5.74) is 2.48. The van der Waals surface area contributed by atoms with Crippen molar-refractivity contribution in [3.63, 3.8) is 0 Å². The molecule has 0 saturated carbocycles. The van der Waals surface area contributed by atoms with Gasteiger partial charge in [0.15, 0.2) is 0 Å². The quantitative estimate of drug-likeness (QED) is 0.844. The molecule has 0 amide bonds. The topological polar surface area (TPSA) is 29.9 Å². The maximum atomic E-state index is 14.4. The summed E-state index contributed by atoms with van der Waals surface area (Å²) >= 11 is 3.12. The van der Waals surface area contributed by atoms with Crippen LogP contribution in [0.1, 0.15) is 35.5 Å². The highest BCUT2D eigenvalue weighted by atomic mass is 79.9. The van der Waals surface area contributed by atoms with E-state index < -0.39 is 17.7 Å². The van der Waals surface area contributed by atoms with Crippen LogP contribution in [0.3, 0.4) is 0 Å². The lowest BCUT2D eigenvalue weighted by Crippen LogP contribution is -2.25. The van der Waals surface area contributed by atoms with E-state index in [0.29, 0.717) is 6.54 Å². The monoisotopic (exact) mass is 357 g/mol. The molecule has 0 radical (unpaired) electrons. The highest BCUT2D eigenvalue weighted by Gasteiger charge is 2.27. The molecule has 0 bridgehead atoms. The van der Waals surface area contributed by atoms with Crippen LogP contribution in [0.2, 0.25) is 0 Å². The Bertz CT molecular complexity index is 667. The van der Waals surface area contributed by atoms with E-state index in [-0.39, 0.29) is 10.0 Å². The fourth-order valence-electron chi connectivity index (χ4n) is 2.57. The Hall–Kier alpha value is -1.27. The fraction of sp³-hybridized carbons (Fsp3) is 0.400. The van der Waals surface area contributed by atoms with Crippen LogP contribution >= 0.6 is 15.9 Å². The van der Waals surface area contributed by atoms with Gasteiger partial charge >= 0.3 is 0 Å². The molecule has 2 aromatic rings. The molecule has 21 heavy (non-hydrogen) atoms. The lowest BCUT2D eigenvalue weighted by molar-refractivity contribution is 0.505. The molecule has 1 heterocycles. The van der Waals surface area contributed by atoms with Crippen molar-refractivity contribution < 1.29 is 8.78 Å². The molecule has 2 rings (SSSR count). The minimum Gasteiger partial charge on any atom is -0.306 e. The number of halogens is 3. The van der Waals surface area contributed by atoms with Crippen LogP contribution in [-0.4, -0.2) is 16.3 Å². The van der Waals surface area contributed by atoms with Crippen molar-refractivity contribution >= 4 is 15.9 Å². The Balaban J connectivity index is 2.68. The molecule has 0 aliphatic rings. The molecule has 0 fully saturated rings. The third-order valence-corrected chi connectivity index (χ3v) is 4.24. The molecule has 0 aliphatic carbocycles. The molecule has 1 atom stereocenters. The number of rotatable bonds is 4. The third kappa shape index (κ3) is 2.87. The first-order valence-corrected chi connectivity index (χ1v) is 7.54. The van der Waals surface area contributed by atoms with Crippen LogP contribution in [0.4, 0.5) is 8.78 Å². The van der Waals surface area contributed by atoms with Gasteiger partial charge in [0.05, 0.1) is 16.2 Å². The van der Waals surface area contributed by atoms with E-state index in [1.165, 1.54) is 12.1 Å². The number of aryl methyl sites for hydroxylation is 2. The first-order chi connectivity index (χ1) is 9.88. The van der Waals surface area contributed by atoms with Gasteiger partial charge in [-0.2, -0.15) is 5.10 Å². The zero-order valence-electron chi connectivity index (χ0n) is 12.5. The normalized spacial score (nSPS) is 12.7. The van der Waals surface area contributed by atoms with Gasteiger partial charge in [-0.15, -0.1) is 0 Å². The summed E-state index contributed by atoms with van der Waals surface area (Å²) in [6, 6.07) is 2.08. The Labute approximate surface area is 131 Å². The predicted molar refractivity (Wildman–Crippen MR) is 82.3 cm³/mol. The van der Waals surface area contributed by atoms with E-state index in [1.54, 1.807) is 4.68 Å². The number of nitrogens with zero attached hydrogens (tertiary/aromatic N) is 2. The van der Waals surface area contributed by atoms with Crippen molar-refractivity contribution in [1.82, 2.24) is 15.1 Å². The first kappa shape index (κ1) is 16.1. The molecule has 114 valence electrons. The highest BCUT2D eigenvalue weighted by molar-refractivity contribution is 9.10. The second kappa shape index (κ2) is 6.23. The summed E-state index contributed by atoms with van der Waals surface area (Å²) in [6.45, 7) is 6.24. The molecular formula is C15H18BrF2N3. The van der Waals surface area contributed by atoms with Gasteiger partial charge in [0.1, 0.15) is 11.6 Å². The minimum atomic E-state index is -0.580. The Morgan fingerprint density at radius 2 is 1.95 bits per heavy atom. The van der Waals surface area contributed by atoms with Crippen LogP contribution in [-0.2, 0) is 7.05 Å². The largest absolute Gasteiger partial charge is 0.306 e. The van der Waals surface area contributed by atoms with Crippen molar-refractivity contribution in [2.75, 3.05) is 6.54 Å². The molecule has 0 spiro atoms. The van der Waals surface area contributed by atoms with Crippen LogP contribution in [0.15, 0.2) is 16.6 Å². The van der Waals surface area contributed by atoms with Crippen molar-refractivity contribution in [3.8, 4) is 0 Å². The zero-order valence-corrected chi connectivity index (χ0v) is 14.1. The van der Waals surface area contributed by atoms with E-state index in [0.717, 1.165) is 17.0 Å². The average molecular weight is 358 g/mol. The van der Waals surface area contributed by atoms with Crippen LogP contribution < -0.4 is 5.32 Å². The van der Waals surface area contributed by atoms with Gasteiger partial charge in [0.25, 0.3) is 0 Å². The molecule has 6 heteroatoms. The van der Waals surface area contributed by atoms with E-state index >= 15 is 0 Å². The van der Waals surface area contributed by atoms with Gasteiger partial charge in [-0.1, -0.05) is 6.92 Å². The van der Waals surface area contributed by atoms with Gasteiger partial charge in [-0.25, -0.2) is 8.78 Å². The summed E-state index contributed by atoms with van der Waals surface area (Å²) in [6.07, 6.45) is 0. The van der Waals surface area contributed by atoms with Gasteiger partial charge in [-0.05, 0) is 48.5 Å². The minimum absolute atomic E-state index is 0.0189. The maximum absolute atomic E-state index is 14.4. The van der Waals surface area contributed by atoms with Crippen molar-refractivity contribution in [2.24, 2.45) is 7.05 Å². The summed E-state index contributed by atoms with van der Waals surface area (Å²) < 4.78 is 30.6. The molecular weight excluding hydrogens is 340 g/mol. The molecule has 1 unspecified atom stereocenters. The molecule has 1 aromatic heterocycles. The Kier molecular flexibility index (Phi) is 4.78. The van der Waals surface area contributed by atoms with Gasteiger partial charge in [-0.3, -0.25) is 4.68 Å². The van der Waals surface area contributed by atoms with Crippen molar-refractivity contribution in [3.05, 3.63) is 50.8 Å². The van der Waals surface area contributed by atoms with Crippen LogP contribution in [0.5, 0.6) is 0 Å². The predicted octanol–water partition coefficient (Wildman–Crippen LogP) is 3.78. The number of hydrogen-bond donors (Lipinski definition) is 1. The molecule has 0 saturated heterocycles. The number of aromatic nitrogens is 2. The maximum Gasteiger partial charge on any atom is 0.145 e. The second-order valence-electron chi connectivity index (χ2n) is 4.96. The summed E-state index contributed by atoms with van der Waals surface area (Å²) in [5, 5.41) is 7.51. The summed E-state index contributed by atoms with van der Waals surface area (Å²) in [5.74, 6) is -1.15. The Morgan fingerprint density at radius 1 is 1.29 bits per heavy atom. The molecule has 0 aliphatic heterocycles. The highest BCUT2D eigenvalue weighted by Crippen LogP contribution is 2.33. The van der Waals surface area contributed by atoms with Crippen molar-refractivity contribution in [1.29, 1.82) is 0 Å². The van der Waals surface area contributed by atoms with E-state index in [2.05, 4.69) is 26.3 Å². The SMILES string of the molecule is CCNC(c1c(F)ccc(Br)c1F)c1c(C)nn(C)c1C. The van der Waals surface area contributed by atoms with Crippen molar-refractivity contribution in [2.45, 2.75) is 26.8 Å². The average Bonchev–Trinajstić information content (AvgIpc) is 2.67. The van der Waals surface area contributed by atoms with E-state index in [4.69, 9.17) is 0 Å². The second-order valence-corrected chi connectivity index (χ2v) is 5.81. The fourth-order valence-corrected chi connectivity index (χ4v) is 2.91. The number of benzene rings is 1. The summed E-state index contributed by atoms with van der Waals surface area (Å²) in [7, 11) is 1.82. The smallest absolute Gasteiger partial charge is 0.145 e. The third-order valence-electron chi connectivity index (χ3n) is 3.63. The first-order valence-electron chi connectivity index (χ1n) is 6.75. The molecule has 1 aromatic carbocycles. The van der Waals surface area contributed by atoms with Gasteiger partial charge in [0.2, 0.25) is 0 Å². The van der Waals surface area contributed by atoms with E-state index in [1.807, 2.05) is 27.8 Å². The zero-order chi connectivity index (χ0) is 15.7. The number of nitrogens with one attached hydrogen (secondary N) is 1. The van der Waals surface area contributed by atoms with E-state index in [9.17, 15) is 8.78 Å². The van der Waals surface area contributed by atoms with Crippen LogP contribution in [0.25, 0.3) is 0 Å². The van der Waals surface area contributed by atoms with Gasteiger partial charge < -0.3 is 5.32 Å². The summed E-state index contributed by atoms with van der Waals surface area (Å²) in [4.78, 5) is 0. The lowest BCUT2D eigenvalue weighted by atomic mass is 9.96.